The van der Waals surface area contributed by atoms with Crippen LogP contribution < -0.4 is 5.43 Å². The molecule has 1 aromatic carbocycles. The lowest BCUT2D eigenvalue weighted by Crippen LogP contribution is -2.33. The van der Waals surface area contributed by atoms with E-state index in [1.165, 1.54) is 12.3 Å². The highest BCUT2D eigenvalue weighted by Crippen LogP contribution is 2.35. The molecule has 0 unspecified atom stereocenters. The zero-order chi connectivity index (χ0) is 18.1. The van der Waals surface area contributed by atoms with Crippen LogP contribution in [0.15, 0.2) is 52.1 Å². The molecule has 0 aliphatic carbocycles. The number of nitrogens with zero attached hydrogens (tertiary/aromatic N) is 2. The number of hydrogen-bond donors (Lipinski definition) is 1. The van der Waals surface area contributed by atoms with E-state index in [2.05, 4.69) is 16.0 Å². The maximum atomic E-state index is 12.3. The van der Waals surface area contributed by atoms with Crippen LogP contribution in [0.2, 0.25) is 5.02 Å². The van der Waals surface area contributed by atoms with E-state index in [4.69, 9.17) is 16.0 Å². The van der Waals surface area contributed by atoms with E-state index in [-0.39, 0.29) is 22.2 Å². The standard InChI is InChI=1S/C20H19ClN2O3/c21-16-12-26-20-14(19(16)25)6-7-18(24)15(20)11-23-9-2-1-5-17(23)13-4-3-8-22-10-13/h3-4,6-8,10,12,17,24H,1-2,5,9,11H2/t17-/m0/s1. The summed E-state index contributed by atoms with van der Waals surface area (Å²) in [5.41, 5.74) is 1.90. The molecule has 1 N–H and O–H groups in total. The van der Waals surface area contributed by atoms with Crippen molar-refractivity contribution < 1.29 is 9.52 Å². The number of halogens is 1. The van der Waals surface area contributed by atoms with E-state index in [0.717, 1.165) is 31.4 Å². The normalized spacial score (nSPS) is 18.3. The molecule has 134 valence electrons. The van der Waals surface area contributed by atoms with Crippen LogP contribution in [0.4, 0.5) is 0 Å². The Morgan fingerprint density at radius 2 is 2.19 bits per heavy atom. The van der Waals surface area contributed by atoms with Gasteiger partial charge in [-0.3, -0.25) is 14.7 Å². The average Bonchev–Trinajstić information content (AvgIpc) is 2.68. The molecule has 0 bridgehead atoms. The molecular formula is C20H19ClN2O3. The second kappa shape index (κ2) is 7.09. The molecule has 1 fully saturated rings. The quantitative estimate of drug-likeness (QED) is 0.745. The molecule has 0 radical (unpaired) electrons. The Bertz CT molecular complexity index is 988. The van der Waals surface area contributed by atoms with Crippen molar-refractivity contribution in [1.82, 2.24) is 9.88 Å². The zero-order valence-electron chi connectivity index (χ0n) is 14.2. The molecule has 5 nitrogen and oxygen atoms in total. The maximum absolute atomic E-state index is 12.3. The van der Waals surface area contributed by atoms with Gasteiger partial charge in [-0.1, -0.05) is 24.1 Å². The van der Waals surface area contributed by atoms with E-state index < -0.39 is 0 Å². The molecule has 2 aromatic heterocycles. The lowest BCUT2D eigenvalue weighted by atomic mass is 9.95. The molecule has 0 amide bonds. The van der Waals surface area contributed by atoms with Crippen molar-refractivity contribution in [2.24, 2.45) is 0 Å². The van der Waals surface area contributed by atoms with E-state index in [0.29, 0.717) is 23.1 Å². The predicted molar refractivity (Wildman–Crippen MR) is 100 cm³/mol. The van der Waals surface area contributed by atoms with Gasteiger partial charge in [-0.25, -0.2) is 0 Å². The number of fused-ring (bicyclic) bond motifs is 1. The third kappa shape index (κ3) is 3.08. The number of phenolic OH excluding ortho intramolecular Hbond substituents is 1. The fourth-order valence-corrected chi connectivity index (χ4v) is 3.86. The lowest BCUT2D eigenvalue weighted by molar-refractivity contribution is 0.139. The highest BCUT2D eigenvalue weighted by atomic mass is 35.5. The summed E-state index contributed by atoms with van der Waals surface area (Å²) >= 11 is 5.89. The van der Waals surface area contributed by atoms with Gasteiger partial charge in [0, 0.05) is 25.0 Å². The first kappa shape index (κ1) is 17.1. The Hall–Kier alpha value is -2.37. The van der Waals surface area contributed by atoms with Crippen LogP contribution in [0.5, 0.6) is 5.75 Å². The molecule has 1 saturated heterocycles. The van der Waals surface area contributed by atoms with Crippen molar-refractivity contribution in [3.8, 4) is 5.75 Å². The van der Waals surface area contributed by atoms with Crippen LogP contribution in [-0.2, 0) is 6.54 Å². The number of piperidine rings is 1. The third-order valence-electron chi connectivity index (χ3n) is 5.02. The number of aromatic nitrogens is 1. The second-order valence-electron chi connectivity index (χ2n) is 6.62. The molecule has 4 rings (SSSR count). The third-order valence-corrected chi connectivity index (χ3v) is 5.28. The smallest absolute Gasteiger partial charge is 0.211 e. The molecule has 1 atom stereocenters. The Morgan fingerprint density at radius 3 is 3.00 bits per heavy atom. The Labute approximate surface area is 155 Å². The summed E-state index contributed by atoms with van der Waals surface area (Å²) in [5.74, 6) is 0.124. The van der Waals surface area contributed by atoms with E-state index in [1.807, 2.05) is 12.3 Å². The van der Waals surface area contributed by atoms with Gasteiger partial charge in [-0.05, 0) is 43.1 Å². The van der Waals surface area contributed by atoms with Crippen LogP contribution in [0.1, 0.15) is 36.4 Å². The van der Waals surface area contributed by atoms with Crippen LogP contribution in [0, 0.1) is 0 Å². The van der Waals surface area contributed by atoms with Crippen LogP contribution >= 0.6 is 11.6 Å². The number of aromatic hydroxyl groups is 1. The second-order valence-corrected chi connectivity index (χ2v) is 7.03. The summed E-state index contributed by atoms with van der Waals surface area (Å²) in [7, 11) is 0. The molecule has 26 heavy (non-hydrogen) atoms. The van der Waals surface area contributed by atoms with E-state index in [9.17, 15) is 9.90 Å². The van der Waals surface area contributed by atoms with Crippen molar-refractivity contribution in [1.29, 1.82) is 0 Å². The van der Waals surface area contributed by atoms with Gasteiger partial charge in [-0.2, -0.15) is 0 Å². The van der Waals surface area contributed by atoms with Crippen LogP contribution in [-0.4, -0.2) is 21.5 Å². The summed E-state index contributed by atoms with van der Waals surface area (Å²) in [6.45, 7) is 1.40. The topological polar surface area (TPSA) is 66.6 Å². The molecule has 3 heterocycles. The molecule has 1 aliphatic heterocycles. The van der Waals surface area contributed by atoms with E-state index >= 15 is 0 Å². The maximum Gasteiger partial charge on any atom is 0.211 e. The SMILES string of the molecule is O=c1c(Cl)coc2c(CN3CCCC[C@H]3c3cccnc3)c(O)ccc12. The number of benzene rings is 1. The number of phenols is 1. The van der Waals surface area contributed by atoms with Crippen LogP contribution in [0.25, 0.3) is 11.0 Å². The largest absolute Gasteiger partial charge is 0.507 e. The molecule has 0 spiro atoms. The molecular weight excluding hydrogens is 352 g/mol. The molecule has 1 aliphatic rings. The fraction of sp³-hybridized carbons (Fsp3) is 0.300. The van der Waals surface area contributed by atoms with E-state index in [1.54, 1.807) is 12.3 Å². The number of pyridine rings is 1. The number of hydrogen-bond acceptors (Lipinski definition) is 5. The van der Waals surface area contributed by atoms with Gasteiger partial charge in [0.25, 0.3) is 0 Å². The first-order valence-corrected chi connectivity index (χ1v) is 9.09. The summed E-state index contributed by atoms with van der Waals surface area (Å²) in [6.07, 6.45) is 8.19. The Balaban J connectivity index is 1.75. The minimum absolute atomic E-state index is 0.0420. The van der Waals surface area contributed by atoms with Gasteiger partial charge in [0.05, 0.1) is 10.9 Å². The summed E-state index contributed by atoms with van der Waals surface area (Å²) < 4.78 is 5.59. The van der Waals surface area contributed by atoms with Crippen LogP contribution in [0.3, 0.4) is 0 Å². The minimum atomic E-state index is -0.281. The van der Waals surface area contributed by atoms with Gasteiger partial charge < -0.3 is 9.52 Å². The van der Waals surface area contributed by atoms with Crippen molar-refractivity contribution >= 4 is 22.6 Å². The minimum Gasteiger partial charge on any atom is -0.507 e. The fourth-order valence-electron chi connectivity index (χ4n) is 3.71. The first-order valence-electron chi connectivity index (χ1n) is 8.71. The van der Waals surface area contributed by atoms with Gasteiger partial charge in [0.1, 0.15) is 22.6 Å². The van der Waals surface area contributed by atoms with Crippen molar-refractivity contribution in [2.75, 3.05) is 6.54 Å². The molecule has 3 aromatic rings. The highest BCUT2D eigenvalue weighted by molar-refractivity contribution is 6.30. The summed E-state index contributed by atoms with van der Waals surface area (Å²) in [4.78, 5) is 18.8. The predicted octanol–water partition coefficient (Wildman–Crippen LogP) is 4.27. The van der Waals surface area contributed by atoms with Gasteiger partial charge in [-0.15, -0.1) is 0 Å². The highest BCUT2D eigenvalue weighted by Gasteiger charge is 2.26. The first-order chi connectivity index (χ1) is 12.6. The van der Waals surface area contributed by atoms with Gasteiger partial charge in [0.15, 0.2) is 0 Å². The monoisotopic (exact) mass is 370 g/mol. The van der Waals surface area contributed by atoms with Crippen molar-refractivity contribution in [2.45, 2.75) is 31.8 Å². The number of likely N-dealkylation sites (tertiary alicyclic amines) is 1. The van der Waals surface area contributed by atoms with Crippen molar-refractivity contribution in [3.05, 3.63) is 69.3 Å². The lowest BCUT2D eigenvalue weighted by Gasteiger charge is -2.36. The van der Waals surface area contributed by atoms with Gasteiger partial charge in [0.2, 0.25) is 5.43 Å². The Kier molecular flexibility index (Phi) is 4.66. The zero-order valence-corrected chi connectivity index (χ0v) is 14.9. The molecule has 0 saturated carbocycles. The summed E-state index contributed by atoms with van der Waals surface area (Å²) in [5, 5.41) is 10.9. The average molecular weight is 371 g/mol. The van der Waals surface area contributed by atoms with Gasteiger partial charge >= 0.3 is 0 Å². The molecule has 6 heteroatoms. The Morgan fingerprint density at radius 1 is 1.31 bits per heavy atom. The van der Waals surface area contributed by atoms with Crippen molar-refractivity contribution in [3.63, 3.8) is 0 Å². The summed E-state index contributed by atoms with van der Waals surface area (Å²) in [6, 6.07) is 7.34. The number of rotatable bonds is 3.